The van der Waals surface area contributed by atoms with Gasteiger partial charge in [0.05, 0.1) is 47.8 Å². The van der Waals surface area contributed by atoms with Gasteiger partial charge in [0.1, 0.15) is 11.3 Å². The van der Waals surface area contributed by atoms with Crippen LogP contribution in [0.1, 0.15) is 12.5 Å². The van der Waals surface area contributed by atoms with Crippen LogP contribution in [-0.4, -0.2) is 49.3 Å². The lowest BCUT2D eigenvalue weighted by Crippen LogP contribution is -2.20. The first-order valence-electron chi connectivity index (χ1n) is 12.2. The molecule has 0 amide bonds. The van der Waals surface area contributed by atoms with E-state index in [9.17, 15) is 9.59 Å². The third-order valence-electron chi connectivity index (χ3n) is 5.93. The van der Waals surface area contributed by atoms with Crippen LogP contribution in [0.2, 0.25) is 0 Å². The van der Waals surface area contributed by atoms with Crippen molar-refractivity contribution >= 4 is 50.0 Å². The molecule has 5 aromatic rings. The van der Waals surface area contributed by atoms with Crippen LogP contribution in [-0.2, 0) is 9.53 Å². The summed E-state index contributed by atoms with van der Waals surface area (Å²) in [6.07, 6.45) is 1.50. The van der Waals surface area contributed by atoms with E-state index in [1.165, 1.54) is 18.0 Å². The molecule has 0 spiro atoms. The van der Waals surface area contributed by atoms with E-state index in [1.807, 2.05) is 31.2 Å². The molecule has 0 aliphatic carbocycles. The minimum absolute atomic E-state index is 0.223. The summed E-state index contributed by atoms with van der Waals surface area (Å²) in [5.74, 6) is 1.40. The molecule has 5 rings (SSSR count). The number of nitrogens with zero attached hydrogens (tertiary/aromatic N) is 3. The molecule has 10 nitrogen and oxygen atoms in total. The van der Waals surface area contributed by atoms with Gasteiger partial charge in [-0.15, -0.1) is 0 Å². The number of fused-ring (bicyclic) bond motifs is 2. The normalized spacial score (nSPS) is 11.3. The van der Waals surface area contributed by atoms with Gasteiger partial charge in [-0.1, -0.05) is 18.2 Å². The van der Waals surface area contributed by atoms with Crippen molar-refractivity contribution in [1.29, 1.82) is 0 Å². The Labute approximate surface area is 236 Å². The quantitative estimate of drug-likeness (QED) is 0.162. The number of halogens is 1. The number of hydrogen-bond donors (Lipinski definition) is 0. The first-order valence-corrected chi connectivity index (χ1v) is 13.0. The molecule has 204 valence electrons. The van der Waals surface area contributed by atoms with Crippen LogP contribution in [0, 0.1) is 0 Å². The Morgan fingerprint density at radius 1 is 1.05 bits per heavy atom. The molecule has 0 saturated heterocycles. The van der Waals surface area contributed by atoms with E-state index in [0.717, 1.165) is 5.39 Å². The van der Waals surface area contributed by atoms with Crippen molar-refractivity contribution in [2.75, 3.05) is 27.4 Å². The van der Waals surface area contributed by atoms with Crippen LogP contribution in [0.5, 0.6) is 17.2 Å². The highest BCUT2D eigenvalue weighted by Crippen LogP contribution is 2.37. The summed E-state index contributed by atoms with van der Waals surface area (Å²) in [6, 6.07) is 17.7. The summed E-state index contributed by atoms with van der Waals surface area (Å²) in [6.45, 7) is 1.90. The van der Waals surface area contributed by atoms with Gasteiger partial charge in [0.15, 0.2) is 23.9 Å². The number of esters is 1. The number of rotatable bonds is 9. The number of benzene rings is 3. The molecular formula is C29H24BrN3O7. The van der Waals surface area contributed by atoms with E-state index >= 15 is 0 Å². The summed E-state index contributed by atoms with van der Waals surface area (Å²) in [5, 5.41) is 5.65. The Kier molecular flexibility index (Phi) is 7.83. The number of para-hydroxylation sites is 1. The SMILES string of the molecule is CCOc1cc(C=Nn2c(-c3cc4c(OC)cccc4o3)nc3ccccc3c2=O)cc(Br)c1OCC(=O)OC. The van der Waals surface area contributed by atoms with Gasteiger partial charge >= 0.3 is 5.97 Å². The smallest absolute Gasteiger partial charge is 0.343 e. The summed E-state index contributed by atoms with van der Waals surface area (Å²) >= 11 is 3.47. The lowest BCUT2D eigenvalue weighted by molar-refractivity contribution is -0.142. The average Bonchev–Trinajstić information content (AvgIpc) is 3.40. The third-order valence-corrected chi connectivity index (χ3v) is 6.52. The number of carbonyl (C=O) groups is 1. The van der Waals surface area contributed by atoms with Crippen LogP contribution in [0.4, 0.5) is 0 Å². The Balaban J connectivity index is 1.62. The molecule has 40 heavy (non-hydrogen) atoms. The van der Waals surface area contributed by atoms with Gasteiger partial charge in [0, 0.05) is 0 Å². The van der Waals surface area contributed by atoms with Crippen molar-refractivity contribution in [2.45, 2.75) is 6.92 Å². The van der Waals surface area contributed by atoms with E-state index < -0.39 is 5.97 Å². The summed E-state index contributed by atoms with van der Waals surface area (Å²) in [5.41, 5.74) is 1.32. The highest BCUT2D eigenvalue weighted by atomic mass is 79.9. The van der Waals surface area contributed by atoms with E-state index in [-0.39, 0.29) is 18.0 Å². The fourth-order valence-electron chi connectivity index (χ4n) is 4.09. The van der Waals surface area contributed by atoms with Crippen LogP contribution in [0.25, 0.3) is 33.5 Å². The van der Waals surface area contributed by atoms with Crippen molar-refractivity contribution in [3.8, 4) is 28.8 Å². The number of hydrogen-bond acceptors (Lipinski definition) is 9. The molecule has 0 bridgehead atoms. The summed E-state index contributed by atoms with van der Waals surface area (Å²) in [4.78, 5) is 29.9. The molecule has 0 saturated carbocycles. The maximum atomic E-state index is 13.6. The van der Waals surface area contributed by atoms with Gasteiger partial charge in [-0.05, 0) is 70.9 Å². The van der Waals surface area contributed by atoms with Crippen molar-refractivity contribution < 1.29 is 28.2 Å². The van der Waals surface area contributed by atoms with Crippen LogP contribution in [0.15, 0.2) is 79.4 Å². The number of carbonyl (C=O) groups excluding carboxylic acids is 1. The van der Waals surface area contributed by atoms with E-state index in [2.05, 4.69) is 25.8 Å². The van der Waals surface area contributed by atoms with Gasteiger partial charge in [0.25, 0.3) is 5.56 Å². The lowest BCUT2D eigenvalue weighted by atomic mass is 10.2. The predicted octanol–water partition coefficient (Wildman–Crippen LogP) is 5.41. The van der Waals surface area contributed by atoms with Gasteiger partial charge < -0.3 is 23.4 Å². The van der Waals surface area contributed by atoms with Gasteiger partial charge in [-0.25, -0.2) is 9.78 Å². The zero-order valence-electron chi connectivity index (χ0n) is 21.8. The fourth-order valence-corrected chi connectivity index (χ4v) is 4.67. The zero-order chi connectivity index (χ0) is 28.2. The topological polar surface area (TPSA) is 114 Å². The van der Waals surface area contributed by atoms with E-state index in [1.54, 1.807) is 43.5 Å². The van der Waals surface area contributed by atoms with E-state index in [0.29, 0.717) is 56.1 Å². The summed E-state index contributed by atoms with van der Waals surface area (Å²) in [7, 11) is 2.86. The van der Waals surface area contributed by atoms with Crippen LogP contribution < -0.4 is 19.8 Å². The van der Waals surface area contributed by atoms with Crippen LogP contribution in [0.3, 0.4) is 0 Å². The predicted molar refractivity (Wildman–Crippen MR) is 154 cm³/mol. The molecule has 0 fully saturated rings. The second-order valence-corrected chi connectivity index (χ2v) is 9.28. The molecule has 0 aliphatic rings. The zero-order valence-corrected chi connectivity index (χ0v) is 23.4. The minimum atomic E-state index is -0.529. The van der Waals surface area contributed by atoms with Crippen LogP contribution >= 0.6 is 15.9 Å². The summed E-state index contributed by atoms with van der Waals surface area (Å²) < 4.78 is 29.2. The third kappa shape index (κ3) is 5.28. The Hall–Kier alpha value is -4.64. The largest absolute Gasteiger partial charge is 0.496 e. The molecule has 3 aromatic carbocycles. The Bertz CT molecular complexity index is 1810. The first-order chi connectivity index (χ1) is 19.4. The second-order valence-electron chi connectivity index (χ2n) is 8.42. The highest BCUT2D eigenvalue weighted by molar-refractivity contribution is 9.10. The number of aromatic nitrogens is 2. The molecule has 0 aliphatic heterocycles. The van der Waals surface area contributed by atoms with Crippen molar-refractivity contribution in [3.05, 3.63) is 81.1 Å². The first kappa shape index (κ1) is 26.9. The maximum Gasteiger partial charge on any atom is 0.343 e. The highest BCUT2D eigenvalue weighted by Gasteiger charge is 2.18. The maximum absolute atomic E-state index is 13.6. The molecule has 0 N–H and O–H groups in total. The molecule has 0 atom stereocenters. The molecule has 2 aromatic heterocycles. The fraction of sp³-hybridized carbons (Fsp3) is 0.172. The lowest BCUT2D eigenvalue weighted by Gasteiger charge is -2.14. The molecule has 0 unspecified atom stereocenters. The molecule has 2 heterocycles. The monoisotopic (exact) mass is 605 g/mol. The number of ether oxygens (including phenoxy) is 4. The standard InChI is InChI=1S/C29H24BrN3O7/c1-4-38-24-13-17(12-20(30)27(24)39-16-26(34)37-3)15-31-33-28(32-21-9-6-5-8-18(21)29(33)35)25-14-19-22(36-2)10-7-11-23(19)40-25/h5-15H,4,16H2,1-3H3. The number of furan rings is 1. The Morgan fingerprint density at radius 3 is 2.65 bits per heavy atom. The van der Waals surface area contributed by atoms with Crippen molar-refractivity contribution in [3.63, 3.8) is 0 Å². The molecule has 11 heteroatoms. The second kappa shape index (κ2) is 11.6. The minimum Gasteiger partial charge on any atom is -0.496 e. The number of methoxy groups -OCH3 is 2. The van der Waals surface area contributed by atoms with Gasteiger partial charge in [-0.3, -0.25) is 4.79 Å². The van der Waals surface area contributed by atoms with Gasteiger partial charge in [0.2, 0.25) is 5.82 Å². The Morgan fingerprint density at radius 2 is 1.88 bits per heavy atom. The molecule has 0 radical (unpaired) electrons. The average molecular weight is 606 g/mol. The van der Waals surface area contributed by atoms with Crippen molar-refractivity contribution in [1.82, 2.24) is 9.66 Å². The van der Waals surface area contributed by atoms with Gasteiger partial charge in [-0.2, -0.15) is 9.78 Å². The van der Waals surface area contributed by atoms with E-state index in [4.69, 9.17) is 23.6 Å². The molecular weight excluding hydrogens is 582 g/mol. The van der Waals surface area contributed by atoms with Crippen molar-refractivity contribution in [2.24, 2.45) is 5.10 Å².